The van der Waals surface area contributed by atoms with Crippen LogP contribution in [0.2, 0.25) is 0 Å². The molecule has 2 heterocycles. The molecule has 0 bridgehead atoms. The van der Waals surface area contributed by atoms with E-state index in [0.29, 0.717) is 17.6 Å². The van der Waals surface area contributed by atoms with E-state index in [0.717, 1.165) is 62.3 Å². The van der Waals surface area contributed by atoms with Crippen LogP contribution < -0.4 is 5.32 Å². The zero-order chi connectivity index (χ0) is 17.8. The van der Waals surface area contributed by atoms with Crippen molar-refractivity contribution in [3.63, 3.8) is 0 Å². The van der Waals surface area contributed by atoms with Crippen LogP contribution in [-0.2, 0) is 4.74 Å². The van der Waals surface area contributed by atoms with Gasteiger partial charge in [-0.15, -0.1) is 0 Å². The first-order valence-electron chi connectivity index (χ1n) is 9.43. The van der Waals surface area contributed by atoms with Crippen molar-refractivity contribution in [1.29, 1.82) is 0 Å². The third-order valence-corrected chi connectivity index (χ3v) is 5.09. The fourth-order valence-corrected chi connectivity index (χ4v) is 3.69. The van der Waals surface area contributed by atoms with Gasteiger partial charge in [-0.25, -0.2) is 4.98 Å². The summed E-state index contributed by atoms with van der Waals surface area (Å²) in [4.78, 5) is 17.1. The summed E-state index contributed by atoms with van der Waals surface area (Å²) >= 11 is 0. The van der Waals surface area contributed by atoms with Crippen molar-refractivity contribution in [3.8, 4) is 0 Å². The maximum absolute atomic E-state index is 12.6. The summed E-state index contributed by atoms with van der Waals surface area (Å²) in [6.45, 7) is 7.73. The SMILES string of the molecule is CCCO[C@H]1CC[C@H](CNC(=O)c2ccn3c(C)cc(C)nc23)CC1. The van der Waals surface area contributed by atoms with Crippen LogP contribution in [-0.4, -0.2) is 34.5 Å². The number of carbonyl (C=O) groups excluding carboxylic acids is 1. The van der Waals surface area contributed by atoms with Gasteiger partial charge < -0.3 is 14.5 Å². The summed E-state index contributed by atoms with van der Waals surface area (Å²) in [5.41, 5.74) is 3.42. The number of aromatic nitrogens is 2. The minimum atomic E-state index is -0.0237. The number of aryl methyl sites for hydroxylation is 2. The lowest BCUT2D eigenvalue weighted by Gasteiger charge is -2.28. The summed E-state index contributed by atoms with van der Waals surface area (Å²) in [6.07, 6.45) is 7.88. The average Bonchev–Trinajstić information content (AvgIpc) is 3.03. The standard InChI is InChI=1S/C20H29N3O2/c1-4-11-25-17-7-5-16(6-8-17)13-21-20(24)18-9-10-23-15(3)12-14(2)22-19(18)23/h9-10,12,16-17H,4-8,11,13H2,1-3H3,(H,21,24)/t16-,17-. The number of carbonyl (C=O) groups is 1. The van der Waals surface area contributed by atoms with E-state index in [-0.39, 0.29) is 5.91 Å². The Kier molecular flexibility index (Phi) is 5.74. The van der Waals surface area contributed by atoms with Crippen LogP contribution in [0, 0.1) is 19.8 Å². The molecular formula is C20H29N3O2. The molecule has 0 aromatic carbocycles. The monoisotopic (exact) mass is 343 g/mol. The van der Waals surface area contributed by atoms with E-state index in [2.05, 4.69) is 17.2 Å². The fraction of sp³-hybridized carbons (Fsp3) is 0.600. The molecule has 1 fully saturated rings. The predicted molar refractivity (Wildman–Crippen MR) is 99.0 cm³/mol. The predicted octanol–water partition coefficient (Wildman–Crippen LogP) is 3.67. The van der Waals surface area contributed by atoms with Gasteiger partial charge in [0.2, 0.25) is 0 Å². The van der Waals surface area contributed by atoms with Crippen LogP contribution in [0.5, 0.6) is 0 Å². The van der Waals surface area contributed by atoms with Gasteiger partial charge >= 0.3 is 0 Å². The first-order valence-corrected chi connectivity index (χ1v) is 9.43. The van der Waals surface area contributed by atoms with Crippen molar-refractivity contribution in [2.75, 3.05) is 13.2 Å². The third kappa shape index (κ3) is 4.21. The van der Waals surface area contributed by atoms with Crippen LogP contribution >= 0.6 is 0 Å². The Morgan fingerprint density at radius 2 is 2.08 bits per heavy atom. The lowest BCUT2D eigenvalue weighted by atomic mass is 9.87. The fourth-order valence-electron chi connectivity index (χ4n) is 3.69. The van der Waals surface area contributed by atoms with Crippen LogP contribution in [0.4, 0.5) is 0 Å². The molecule has 2 aromatic rings. The van der Waals surface area contributed by atoms with Crippen LogP contribution in [0.1, 0.15) is 60.8 Å². The van der Waals surface area contributed by atoms with E-state index in [4.69, 9.17) is 4.74 Å². The van der Waals surface area contributed by atoms with Gasteiger partial charge in [0.15, 0.2) is 0 Å². The van der Waals surface area contributed by atoms with E-state index in [1.807, 2.05) is 36.6 Å². The van der Waals surface area contributed by atoms with Gasteiger partial charge in [-0.3, -0.25) is 4.79 Å². The highest BCUT2D eigenvalue weighted by Gasteiger charge is 2.22. The molecule has 3 rings (SSSR count). The van der Waals surface area contributed by atoms with Gasteiger partial charge in [-0.2, -0.15) is 0 Å². The van der Waals surface area contributed by atoms with E-state index in [1.54, 1.807) is 0 Å². The molecular weight excluding hydrogens is 314 g/mol. The topological polar surface area (TPSA) is 55.6 Å². The molecule has 25 heavy (non-hydrogen) atoms. The van der Waals surface area contributed by atoms with Gasteiger partial charge in [0.25, 0.3) is 5.91 Å². The number of hydrogen-bond donors (Lipinski definition) is 1. The maximum Gasteiger partial charge on any atom is 0.255 e. The molecule has 136 valence electrons. The van der Waals surface area contributed by atoms with Crippen molar-refractivity contribution in [2.24, 2.45) is 5.92 Å². The third-order valence-electron chi connectivity index (χ3n) is 5.09. The Labute approximate surface area is 149 Å². The number of fused-ring (bicyclic) bond motifs is 1. The Bertz CT molecular complexity index is 730. The first-order chi connectivity index (χ1) is 12.1. The molecule has 0 aliphatic heterocycles. The zero-order valence-electron chi connectivity index (χ0n) is 15.5. The Balaban J connectivity index is 1.55. The summed E-state index contributed by atoms with van der Waals surface area (Å²) in [7, 11) is 0. The lowest BCUT2D eigenvalue weighted by molar-refractivity contribution is 0.0186. The van der Waals surface area contributed by atoms with E-state index < -0.39 is 0 Å². The normalized spacial score (nSPS) is 20.8. The lowest BCUT2D eigenvalue weighted by Crippen LogP contribution is -2.32. The molecule has 0 unspecified atom stereocenters. The summed E-state index contributed by atoms with van der Waals surface area (Å²) in [5, 5.41) is 3.11. The molecule has 5 nitrogen and oxygen atoms in total. The minimum Gasteiger partial charge on any atom is -0.378 e. The number of nitrogens with zero attached hydrogens (tertiary/aromatic N) is 2. The molecule has 1 saturated carbocycles. The smallest absolute Gasteiger partial charge is 0.255 e. The largest absolute Gasteiger partial charge is 0.378 e. The van der Waals surface area contributed by atoms with Crippen molar-refractivity contribution in [3.05, 3.63) is 35.3 Å². The van der Waals surface area contributed by atoms with Crippen LogP contribution in [0.3, 0.4) is 0 Å². The van der Waals surface area contributed by atoms with Crippen molar-refractivity contribution >= 4 is 11.6 Å². The molecule has 2 aromatic heterocycles. The Hall–Kier alpha value is -1.88. The van der Waals surface area contributed by atoms with Crippen LogP contribution in [0.25, 0.3) is 5.65 Å². The van der Waals surface area contributed by atoms with Gasteiger partial charge in [0, 0.05) is 30.7 Å². The highest BCUT2D eigenvalue weighted by Crippen LogP contribution is 2.26. The second-order valence-corrected chi connectivity index (χ2v) is 7.19. The summed E-state index contributed by atoms with van der Waals surface area (Å²) in [5.74, 6) is 0.528. The molecule has 1 aliphatic rings. The molecule has 0 radical (unpaired) electrons. The van der Waals surface area contributed by atoms with Gasteiger partial charge in [-0.05, 0) is 64.0 Å². The minimum absolute atomic E-state index is 0.0237. The van der Waals surface area contributed by atoms with Gasteiger partial charge in [0.05, 0.1) is 11.7 Å². The molecule has 1 N–H and O–H groups in total. The second-order valence-electron chi connectivity index (χ2n) is 7.19. The maximum atomic E-state index is 12.6. The molecule has 0 atom stereocenters. The first kappa shape index (κ1) is 17.9. The van der Waals surface area contributed by atoms with E-state index >= 15 is 0 Å². The molecule has 5 heteroatoms. The Morgan fingerprint density at radius 1 is 1.32 bits per heavy atom. The average molecular weight is 343 g/mol. The Morgan fingerprint density at radius 3 is 2.80 bits per heavy atom. The molecule has 0 spiro atoms. The van der Waals surface area contributed by atoms with Crippen molar-refractivity contribution < 1.29 is 9.53 Å². The number of rotatable bonds is 6. The quantitative estimate of drug-likeness (QED) is 0.871. The van der Waals surface area contributed by atoms with Gasteiger partial charge in [-0.1, -0.05) is 6.92 Å². The number of hydrogen-bond acceptors (Lipinski definition) is 3. The highest BCUT2D eigenvalue weighted by atomic mass is 16.5. The van der Waals surface area contributed by atoms with E-state index in [9.17, 15) is 4.79 Å². The molecule has 1 aliphatic carbocycles. The number of amides is 1. The molecule has 0 saturated heterocycles. The molecule has 1 amide bonds. The summed E-state index contributed by atoms with van der Waals surface area (Å²) < 4.78 is 7.81. The zero-order valence-corrected chi connectivity index (χ0v) is 15.5. The van der Waals surface area contributed by atoms with E-state index in [1.165, 1.54) is 0 Å². The van der Waals surface area contributed by atoms with Crippen molar-refractivity contribution in [1.82, 2.24) is 14.7 Å². The van der Waals surface area contributed by atoms with Gasteiger partial charge in [0.1, 0.15) is 5.65 Å². The second kappa shape index (κ2) is 8.00. The summed E-state index contributed by atoms with van der Waals surface area (Å²) in [6, 6.07) is 3.88. The van der Waals surface area contributed by atoms with Crippen LogP contribution in [0.15, 0.2) is 18.3 Å². The number of ether oxygens (including phenoxy) is 1. The highest BCUT2D eigenvalue weighted by molar-refractivity contribution is 6.00. The number of nitrogens with one attached hydrogen (secondary N) is 1. The van der Waals surface area contributed by atoms with Crippen molar-refractivity contribution in [2.45, 2.75) is 59.0 Å².